The summed E-state index contributed by atoms with van der Waals surface area (Å²) in [6, 6.07) is 10.9. The van der Waals surface area contributed by atoms with Crippen LogP contribution in [-0.4, -0.2) is 0 Å². The summed E-state index contributed by atoms with van der Waals surface area (Å²) >= 11 is 0. The molecule has 1 aliphatic carbocycles. The van der Waals surface area contributed by atoms with Crippen molar-refractivity contribution in [2.75, 3.05) is 0 Å². The van der Waals surface area contributed by atoms with Crippen molar-refractivity contribution in [1.82, 2.24) is 0 Å². The third kappa shape index (κ3) is 1.52. The van der Waals surface area contributed by atoms with Crippen LogP contribution in [-0.2, 0) is 0 Å². The van der Waals surface area contributed by atoms with Crippen LogP contribution in [0.3, 0.4) is 0 Å². The highest BCUT2D eigenvalue weighted by atomic mass is 14.3. The first-order valence-corrected chi connectivity index (χ1v) is 4.96. The summed E-state index contributed by atoms with van der Waals surface area (Å²) in [6.07, 6.45) is 4.20. The van der Waals surface area contributed by atoms with Gasteiger partial charge in [-0.1, -0.05) is 37.3 Å². The Morgan fingerprint density at radius 1 is 1.25 bits per heavy atom. The van der Waals surface area contributed by atoms with Crippen LogP contribution >= 0.6 is 0 Å². The van der Waals surface area contributed by atoms with Crippen LogP contribution in [0.1, 0.15) is 37.7 Å². The van der Waals surface area contributed by atoms with Crippen molar-refractivity contribution in [3.63, 3.8) is 0 Å². The molecule has 0 saturated heterocycles. The summed E-state index contributed by atoms with van der Waals surface area (Å²) in [7, 11) is 0. The monoisotopic (exact) mass is 160 g/mol. The predicted molar refractivity (Wildman–Crippen MR) is 52.2 cm³/mol. The first-order chi connectivity index (χ1) is 5.92. The molecule has 64 valence electrons. The molecule has 0 nitrogen and oxygen atoms in total. The largest absolute Gasteiger partial charge is 0.0648 e. The molecule has 12 heavy (non-hydrogen) atoms. The van der Waals surface area contributed by atoms with E-state index in [2.05, 4.69) is 37.3 Å². The van der Waals surface area contributed by atoms with E-state index >= 15 is 0 Å². The molecule has 0 heteroatoms. The molecule has 1 saturated carbocycles. The van der Waals surface area contributed by atoms with Crippen LogP contribution in [0, 0.1) is 5.92 Å². The molecular formula is C12H16. The minimum absolute atomic E-state index is 0.839. The maximum Gasteiger partial charge on any atom is -0.0136 e. The van der Waals surface area contributed by atoms with Crippen LogP contribution in [0.15, 0.2) is 30.3 Å². The van der Waals surface area contributed by atoms with Gasteiger partial charge in [0.25, 0.3) is 0 Å². The zero-order chi connectivity index (χ0) is 8.39. The Morgan fingerprint density at radius 3 is 2.42 bits per heavy atom. The highest BCUT2D eigenvalue weighted by molar-refractivity contribution is 5.21. The fourth-order valence-corrected chi connectivity index (χ4v) is 2.04. The molecule has 0 N–H and O–H groups in total. The lowest BCUT2D eigenvalue weighted by molar-refractivity contribution is 0.587. The van der Waals surface area contributed by atoms with Crippen molar-refractivity contribution >= 4 is 0 Å². The molecule has 0 heterocycles. The topological polar surface area (TPSA) is 0 Å². The summed E-state index contributed by atoms with van der Waals surface area (Å²) in [5.74, 6) is 1.84. The Balaban J connectivity index is 2.15. The van der Waals surface area contributed by atoms with E-state index in [0.29, 0.717) is 0 Å². The minimum atomic E-state index is 0.839. The predicted octanol–water partition coefficient (Wildman–Crippen LogP) is 3.59. The molecule has 0 radical (unpaired) electrons. The van der Waals surface area contributed by atoms with Gasteiger partial charge in [0.2, 0.25) is 0 Å². The van der Waals surface area contributed by atoms with Crippen LogP contribution in [0.4, 0.5) is 0 Å². The molecule has 1 unspecified atom stereocenters. The van der Waals surface area contributed by atoms with E-state index < -0.39 is 0 Å². The summed E-state index contributed by atoms with van der Waals surface area (Å²) in [5, 5.41) is 0. The van der Waals surface area contributed by atoms with Crippen molar-refractivity contribution in [2.45, 2.75) is 32.1 Å². The fraction of sp³-hybridized carbons (Fsp3) is 0.500. The summed E-state index contributed by atoms with van der Waals surface area (Å²) in [4.78, 5) is 0. The quantitative estimate of drug-likeness (QED) is 0.634. The zero-order valence-electron chi connectivity index (χ0n) is 7.66. The Hall–Kier alpha value is -0.780. The van der Waals surface area contributed by atoms with Gasteiger partial charge in [0.15, 0.2) is 0 Å². The van der Waals surface area contributed by atoms with Crippen molar-refractivity contribution in [3.8, 4) is 0 Å². The van der Waals surface area contributed by atoms with Gasteiger partial charge in [-0.2, -0.15) is 0 Å². The first kappa shape index (κ1) is 7.85. The average Bonchev–Trinajstić information content (AvgIpc) is 2.92. The van der Waals surface area contributed by atoms with E-state index in [9.17, 15) is 0 Å². The Bertz CT molecular complexity index is 233. The number of hydrogen-bond donors (Lipinski definition) is 0. The highest BCUT2D eigenvalue weighted by Crippen LogP contribution is 2.44. The first-order valence-electron chi connectivity index (χ1n) is 4.96. The minimum Gasteiger partial charge on any atom is -0.0648 e. The van der Waals surface area contributed by atoms with Crippen LogP contribution < -0.4 is 0 Å². The molecule has 1 fully saturated rings. The number of rotatable bonds is 3. The molecule has 1 aromatic carbocycles. The average molecular weight is 160 g/mol. The van der Waals surface area contributed by atoms with Gasteiger partial charge in [-0.3, -0.25) is 0 Å². The van der Waals surface area contributed by atoms with Crippen molar-refractivity contribution in [2.24, 2.45) is 5.92 Å². The molecule has 1 aliphatic rings. The van der Waals surface area contributed by atoms with Crippen molar-refractivity contribution in [1.29, 1.82) is 0 Å². The third-order valence-electron chi connectivity index (χ3n) is 2.86. The van der Waals surface area contributed by atoms with Crippen LogP contribution in [0.2, 0.25) is 0 Å². The van der Waals surface area contributed by atoms with E-state index in [1.807, 2.05) is 0 Å². The van der Waals surface area contributed by atoms with E-state index in [-0.39, 0.29) is 0 Å². The van der Waals surface area contributed by atoms with E-state index in [0.717, 1.165) is 11.8 Å². The van der Waals surface area contributed by atoms with Gasteiger partial charge in [0.05, 0.1) is 0 Å². The zero-order valence-corrected chi connectivity index (χ0v) is 7.66. The molecule has 2 rings (SSSR count). The normalized spacial score (nSPS) is 19.1. The summed E-state index contributed by atoms with van der Waals surface area (Å²) < 4.78 is 0. The molecule has 0 bridgehead atoms. The van der Waals surface area contributed by atoms with Crippen molar-refractivity contribution < 1.29 is 0 Å². The second-order valence-corrected chi connectivity index (χ2v) is 3.76. The Kier molecular flexibility index (Phi) is 2.16. The lowest BCUT2D eigenvalue weighted by atomic mass is 9.92. The van der Waals surface area contributed by atoms with Crippen LogP contribution in [0.5, 0.6) is 0 Å². The maximum absolute atomic E-state index is 2.30. The second-order valence-electron chi connectivity index (χ2n) is 3.76. The lowest BCUT2D eigenvalue weighted by Gasteiger charge is -2.13. The van der Waals surface area contributed by atoms with Gasteiger partial charge in [0, 0.05) is 0 Å². The Morgan fingerprint density at radius 2 is 1.92 bits per heavy atom. The lowest BCUT2D eigenvalue weighted by Crippen LogP contribution is -1.98. The smallest absolute Gasteiger partial charge is 0.0136 e. The van der Waals surface area contributed by atoms with Crippen molar-refractivity contribution in [3.05, 3.63) is 35.9 Å². The molecular weight excluding hydrogens is 144 g/mol. The second kappa shape index (κ2) is 3.30. The van der Waals surface area contributed by atoms with E-state index in [4.69, 9.17) is 0 Å². The third-order valence-corrected chi connectivity index (χ3v) is 2.86. The summed E-state index contributed by atoms with van der Waals surface area (Å²) in [5.41, 5.74) is 1.54. The molecule has 1 aromatic rings. The van der Waals surface area contributed by atoms with Gasteiger partial charge in [0.1, 0.15) is 0 Å². The van der Waals surface area contributed by atoms with Gasteiger partial charge in [-0.15, -0.1) is 0 Å². The molecule has 0 aliphatic heterocycles. The van der Waals surface area contributed by atoms with E-state index in [1.165, 1.54) is 19.3 Å². The summed E-state index contributed by atoms with van der Waals surface area (Å²) in [6.45, 7) is 2.30. The maximum atomic E-state index is 2.30. The fourth-order valence-electron chi connectivity index (χ4n) is 2.04. The molecule has 1 atom stereocenters. The molecule has 0 aromatic heterocycles. The SMILES string of the molecule is CCC(c1ccccc1)C1CC1. The molecule has 0 amide bonds. The van der Waals surface area contributed by atoms with Gasteiger partial charge in [-0.25, -0.2) is 0 Å². The molecule has 0 spiro atoms. The Labute approximate surface area is 74.6 Å². The van der Waals surface area contributed by atoms with Crippen LogP contribution in [0.25, 0.3) is 0 Å². The van der Waals surface area contributed by atoms with Gasteiger partial charge >= 0.3 is 0 Å². The standard InChI is InChI=1S/C12H16/c1-2-12(11-8-9-11)10-6-4-3-5-7-10/h3-7,11-12H,2,8-9H2,1H3. The van der Waals surface area contributed by atoms with Gasteiger partial charge < -0.3 is 0 Å². The number of hydrogen-bond acceptors (Lipinski definition) is 0. The number of benzene rings is 1. The van der Waals surface area contributed by atoms with Gasteiger partial charge in [-0.05, 0) is 36.7 Å². The van der Waals surface area contributed by atoms with E-state index in [1.54, 1.807) is 5.56 Å². The highest BCUT2D eigenvalue weighted by Gasteiger charge is 2.30.